The topological polar surface area (TPSA) is 51.7 Å². The third kappa shape index (κ3) is 5.09. The summed E-state index contributed by atoms with van der Waals surface area (Å²) in [5.41, 5.74) is 0.747. The van der Waals surface area contributed by atoms with Gasteiger partial charge in [-0.05, 0) is 49.2 Å². The van der Waals surface area contributed by atoms with Crippen molar-refractivity contribution in [3.63, 3.8) is 0 Å². The van der Waals surface area contributed by atoms with Gasteiger partial charge in [0.2, 0.25) is 5.91 Å². The van der Waals surface area contributed by atoms with Gasteiger partial charge in [-0.2, -0.15) is 0 Å². The number of amides is 1. The molecule has 158 valence electrons. The van der Waals surface area contributed by atoms with Crippen molar-refractivity contribution in [2.45, 2.75) is 30.3 Å². The van der Waals surface area contributed by atoms with E-state index >= 15 is 0 Å². The Kier molecular flexibility index (Phi) is 7.15. The summed E-state index contributed by atoms with van der Waals surface area (Å²) in [6.07, 6.45) is 2.49. The second kappa shape index (κ2) is 10.0. The lowest BCUT2D eigenvalue weighted by molar-refractivity contribution is -0.118. The van der Waals surface area contributed by atoms with Gasteiger partial charge in [0.25, 0.3) is 0 Å². The van der Waals surface area contributed by atoms with E-state index in [0.29, 0.717) is 28.9 Å². The van der Waals surface area contributed by atoms with Gasteiger partial charge in [0, 0.05) is 23.7 Å². The van der Waals surface area contributed by atoms with Gasteiger partial charge in [-0.25, -0.2) is 4.98 Å². The first-order valence-electron chi connectivity index (χ1n) is 9.88. The molecule has 0 aliphatic carbocycles. The number of carbonyl (C=O) groups excluding carboxylic acids is 1. The maximum atomic E-state index is 13.2. The number of anilines is 1. The van der Waals surface area contributed by atoms with Crippen LogP contribution < -0.4 is 9.64 Å². The fourth-order valence-corrected chi connectivity index (χ4v) is 5.49. The van der Waals surface area contributed by atoms with Crippen molar-refractivity contribution in [3.8, 4) is 5.75 Å². The van der Waals surface area contributed by atoms with Crippen LogP contribution in [-0.4, -0.2) is 43.0 Å². The number of rotatable bonds is 8. The minimum absolute atomic E-state index is 0.0571. The third-order valence-corrected chi connectivity index (χ3v) is 7.31. The normalized spacial score (nSPS) is 16.1. The number of nitrogens with zero attached hydrogens (tertiary/aromatic N) is 2. The fraction of sp³-hybridized carbons (Fsp3) is 0.364. The lowest BCUT2D eigenvalue weighted by Crippen LogP contribution is -2.37. The van der Waals surface area contributed by atoms with Crippen LogP contribution in [0.15, 0.2) is 47.4 Å². The zero-order valence-electron chi connectivity index (χ0n) is 16.7. The molecule has 0 N–H and O–H groups in total. The molecule has 0 bridgehead atoms. The van der Waals surface area contributed by atoms with Crippen LogP contribution in [0.1, 0.15) is 19.3 Å². The van der Waals surface area contributed by atoms with Crippen molar-refractivity contribution in [3.05, 3.63) is 47.5 Å². The molecule has 1 saturated heterocycles. The van der Waals surface area contributed by atoms with E-state index in [4.69, 9.17) is 21.1 Å². The van der Waals surface area contributed by atoms with E-state index in [1.54, 1.807) is 23.8 Å². The zero-order chi connectivity index (χ0) is 20.9. The summed E-state index contributed by atoms with van der Waals surface area (Å²) in [6, 6.07) is 13.6. The van der Waals surface area contributed by atoms with Crippen LogP contribution in [-0.2, 0) is 9.53 Å². The largest absolute Gasteiger partial charge is 0.497 e. The lowest BCUT2D eigenvalue weighted by Gasteiger charge is -2.23. The Morgan fingerprint density at radius 1 is 1.33 bits per heavy atom. The highest BCUT2D eigenvalue weighted by Gasteiger charge is 2.26. The SMILES string of the molecule is COc1ccc(SCCC(=O)N(CC2CCCO2)c2nc3c(Cl)cccc3s2)cc1. The van der Waals surface area contributed by atoms with Crippen LogP contribution in [0.3, 0.4) is 0 Å². The highest BCUT2D eigenvalue weighted by Crippen LogP contribution is 2.34. The third-order valence-electron chi connectivity index (χ3n) is 4.94. The smallest absolute Gasteiger partial charge is 0.229 e. The maximum Gasteiger partial charge on any atom is 0.229 e. The Balaban J connectivity index is 1.46. The highest BCUT2D eigenvalue weighted by molar-refractivity contribution is 7.99. The molecular weight excluding hydrogens is 440 g/mol. The van der Waals surface area contributed by atoms with Crippen LogP contribution in [0, 0.1) is 0 Å². The molecule has 0 radical (unpaired) electrons. The van der Waals surface area contributed by atoms with E-state index in [9.17, 15) is 4.79 Å². The van der Waals surface area contributed by atoms with Crippen molar-refractivity contribution in [2.75, 3.05) is 30.9 Å². The molecule has 1 aliphatic rings. The summed E-state index contributed by atoms with van der Waals surface area (Å²) < 4.78 is 12.0. The number of aromatic nitrogens is 1. The first-order chi connectivity index (χ1) is 14.6. The van der Waals surface area contributed by atoms with Gasteiger partial charge in [0.05, 0.1) is 29.5 Å². The Hall–Kier alpha value is -1.80. The lowest BCUT2D eigenvalue weighted by atomic mass is 10.2. The van der Waals surface area contributed by atoms with Crippen LogP contribution in [0.4, 0.5) is 5.13 Å². The Labute approximate surface area is 189 Å². The monoisotopic (exact) mass is 462 g/mol. The van der Waals surface area contributed by atoms with Gasteiger partial charge >= 0.3 is 0 Å². The summed E-state index contributed by atoms with van der Waals surface area (Å²) in [5.74, 6) is 1.58. The van der Waals surface area contributed by atoms with Crippen LogP contribution >= 0.6 is 34.7 Å². The molecule has 3 aromatic rings. The fourth-order valence-electron chi connectivity index (χ4n) is 3.36. The number of benzene rings is 2. The number of ether oxygens (including phenoxy) is 2. The van der Waals surface area contributed by atoms with E-state index in [-0.39, 0.29) is 12.0 Å². The predicted octanol–water partition coefficient (Wildman–Crippen LogP) is 5.65. The molecule has 8 heteroatoms. The Morgan fingerprint density at radius 3 is 2.87 bits per heavy atom. The molecule has 2 heterocycles. The van der Waals surface area contributed by atoms with Gasteiger partial charge < -0.3 is 9.47 Å². The molecule has 0 spiro atoms. The standard InChI is InChI=1S/C22H23ClN2O3S2/c1-27-15-7-9-17(10-8-15)29-13-11-20(26)25(14-16-4-3-12-28-16)22-24-21-18(23)5-2-6-19(21)30-22/h2,5-10,16H,3-4,11-14H2,1H3. The van der Waals surface area contributed by atoms with Gasteiger partial charge in [-0.3, -0.25) is 9.69 Å². The first-order valence-corrected chi connectivity index (χ1v) is 12.1. The van der Waals surface area contributed by atoms with Crippen LogP contribution in [0.25, 0.3) is 10.2 Å². The van der Waals surface area contributed by atoms with Crippen molar-refractivity contribution in [1.29, 1.82) is 0 Å². The van der Waals surface area contributed by atoms with Gasteiger partial charge in [-0.15, -0.1) is 11.8 Å². The number of thiazole rings is 1. The molecule has 1 fully saturated rings. The Bertz CT molecular complexity index is 1000. The molecule has 4 rings (SSSR count). The zero-order valence-corrected chi connectivity index (χ0v) is 19.1. The molecule has 5 nitrogen and oxygen atoms in total. The van der Waals surface area contributed by atoms with Gasteiger partial charge in [0.1, 0.15) is 11.3 Å². The van der Waals surface area contributed by atoms with Crippen molar-refractivity contribution in [2.24, 2.45) is 0 Å². The summed E-state index contributed by atoms with van der Waals surface area (Å²) >= 11 is 9.46. The molecule has 0 saturated carbocycles. The summed E-state index contributed by atoms with van der Waals surface area (Å²) in [5, 5.41) is 1.29. The number of carbonyl (C=O) groups is 1. The van der Waals surface area contributed by atoms with E-state index in [2.05, 4.69) is 4.98 Å². The average molecular weight is 463 g/mol. The number of para-hydroxylation sites is 1. The predicted molar refractivity (Wildman–Crippen MR) is 124 cm³/mol. The molecule has 1 atom stereocenters. The van der Waals surface area contributed by atoms with Crippen molar-refractivity contribution >= 4 is 56.0 Å². The molecule has 2 aromatic carbocycles. The number of halogens is 1. The molecule has 1 aromatic heterocycles. The van der Waals surface area contributed by atoms with Crippen molar-refractivity contribution < 1.29 is 14.3 Å². The number of hydrogen-bond donors (Lipinski definition) is 0. The highest BCUT2D eigenvalue weighted by atomic mass is 35.5. The van der Waals surface area contributed by atoms with Gasteiger partial charge in [0.15, 0.2) is 5.13 Å². The van der Waals surface area contributed by atoms with E-state index < -0.39 is 0 Å². The minimum Gasteiger partial charge on any atom is -0.497 e. The summed E-state index contributed by atoms with van der Waals surface area (Å²) in [4.78, 5) is 20.7. The molecule has 30 heavy (non-hydrogen) atoms. The number of methoxy groups -OCH3 is 1. The number of hydrogen-bond acceptors (Lipinski definition) is 6. The van der Waals surface area contributed by atoms with E-state index in [0.717, 1.165) is 40.3 Å². The van der Waals surface area contributed by atoms with Gasteiger partial charge in [-0.1, -0.05) is 29.0 Å². The van der Waals surface area contributed by atoms with E-state index in [1.165, 1.54) is 11.3 Å². The number of thioether (sulfide) groups is 1. The average Bonchev–Trinajstić information content (AvgIpc) is 3.43. The summed E-state index contributed by atoms with van der Waals surface area (Å²) in [6.45, 7) is 1.29. The first kappa shape index (κ1) is 21.4. The minimum atomic E-state index is 0.0571. The maximum absolute atomic E-state index is 13.2. The Morgan fingerprint density at radius 2 is 2.17 bits per heavy atom. The quantitative estimate of drug-likeness (QED) is 0.405. The number of fused-ring (bicyclic) bond motifs is 1. The summed E-state index contributed by atoms with van der Waals surface area (Å²) in [7, 11) is 1.65. The second-order valence-corrected chi connectivity index (χ2v) is 9.58. The second-order valence-electron chi connectivity index (χ2n) is 7.00. The van der Waals surface area contributed by atoms with E-state index in [1.807, 2.05) is 42.5 Å². The van der Waals surface area contributed by atoms with Crippen molar-refractivity contribution in [1.82, 2.24) is 4.98 Å². The molecule has 1 aliphatic heterocycles. The van der Waals surface area contributed by atoms with Crippen LogP contribution in [0.2, 0.25) is 5.02 Å². The molecule has 1 amide bonds. The molecular formula is C22H23ClN2O3S2. The van der Waals surface area contributed by atoms with Crippen LogP contribution in [0.5, 0.6) is 5.75 Å². The molecule has 1 unspecified atom stereocenters.